The van der Waals surface area contributed by atoms with Crippen molar-refractivity contribution in [1.29, 1.82) is 0 Å². The molecule has 0 spiro atoms. The Balaban J connectivity index is 1.08. The Bertz CT molecular complexity index is 3330. The lowest BCUT2D eigenvalue weighted by atomic mass is 9.95. The molecule has 0 atom stereocenters. The van der Waals surface area contributed by atoms with Crippen LogP contribution in [0.5, 0.6) is 0 Å². The average molecular weight is 738 g/mol. The number of rotatable bonds is 6. The fraction of sp³-hybridized carbons (Fsp3) is 0. The Labute approximate surface area is 336 Å². The van der Waals surface area contributed by atoms with Gasteiger partial charge < -0.3 is 0 Å². The minimum atomic E-state index is 0.633. The van der Waals surface area contributed by atoms with Gasteiger partial charge in [-0.15, -0.1) is 0 Å². The maximum absolute atomic E-state index is 5.29. The molecule has 0 aliphatic carbocycles. The van der Waals surface area contributed by atoms with Gasteiger partial charge in [0.2, 0.25) is 0 Å². The molecule has 11 rings (SSSR count). The van der Waals surface area contributed by atoms with E-state index in [1.54, 1.807) is 0 Å². The van der Waals surface area contributed by atoms with Gasteiger partial charge in [0, 0.05) is 16.7 Å². The number of fused-ring (bicyclic) bond motifs is 4. The van der Waals surface area contributed by atoms with Crippen molar-refractivity contribution in [2.24, 2.45) is 0 Å². The highest BCUT2D eigenvalue weighted by molar-refractivity contribution is 6.04. The lowest BCUT2D eigenvalue weighted by Gasteiger charge is -2.14. The Morgan fingerprint density at radius 2 is 0.655 bits per heavy atom. The minimum Gasteiger partial charge on any atom is -0.208 e. The van der Waals surface area contributed by atoms with Gasteiger partial charge in [-0.05, 0) is 94.7 Å². The summed E-state index contributed by atoms with van der Waals surface area (Å²) >= 11 is 0. The third-order valence-electron chi connectivity index (χ3n) is 11.3. The van der Waals surface area contributed by atoms with Gasteiger partial charge >= 0.3 is 0 Å². The fourth-order valence-electron chi connectivity index (χ4n) is 8.44. The summed E-state index contributed by atoms with van der Waals surface area (Å²) in [6, 6.07) is 75.4. The van der Waals surface area contributed by atoms with E-state index in [1.807, 2.05) is 0 Å². The molecule has 10 aromatic carbocycles. The van der Waals surface area contributed by atoms with Crippen LogP contribution in [0.15, 0.2) is 212 Å². The molecule has 0 fully saturated rings. The average Bonchev–Trinajstić information content (AvgIpc) is 3.30. The molecule has 0 radical (unpaired) electrons. The molecule has 1 aromatic heterocycles. The molecule has 3 nitrogen and oxygen atoms in total. The maximum atomic E-state index is 5.29. The molecule has 0 aliphatic heterocycles. The van der Waals surface area contributed by atoms with Crippen molar-refractivity contribution in [3.63, 3.8) is 0 Å². The monoisotopic (exact) mass is 737 g/mol. The van der Waals surface area contributed by atoms with E-state index in [-0.39, 0.29) is 0 Å². The molecular weight excluding hydrogens is 703 g/mol. The summed E-state index contributed by atoms with van der Waals surface area (Å²) in [5.41, 5.74) is 10.00. The first-order valence-electron chi connectivity index (χ1n) is 19.7. The van der Waals surface area contributed by atoms with Crippen molar-refractivity contribution >= 4 is 43.1 Å². The van der Waals surface area contributed by atoms with Gasteiger partial charge in [-0.1, -0.05) is 194 Å². The lowest BCUT2D eigenvalue weighted by molar-refractivity contribution is 1.08. The first-order valence-corrected chi connectivity index (χ1v) is 19.7. The first-order chi connectivity index (χ1) is 28.7. The molecule has 0 bridgehead atoms. The van der Waals surface area contributed by atoms with Crippen LogP contribution in [0.3, 0.4) is 0 Å². The van der Waals surface area contributed by atoms with E-state index in [2.05, 4.69) is 212 Å². The van der Waals surface area contributed by atoms with Crippen LogP contribution in [-0.4, -0.2) is 15.0 Å². The minimum absolute atomic E-state index is 0.633. The molecule has 3 heteroatoms. The second-order valence-electron chi connectivity index (χ2n) is 14.8. The number of aromatic nitrogens is 3. The molecular formula is C55H35N3. The zero-order valence-electron chi connectivity index (χ0n) is 31.5. The van der Waals surface area contributed by atoms with E-state index in [1.165, 1.54) is 44.2 Å². The molecule has 0 aliphatic rings. The third kappa shape index (κ3) is 5.98. The predicted molar refractivity (Wildman–Crippen MR) is 242 cm³/mol. The summed E-state index contributed by atoms with van der Waals surface area (Å²) < 4.78 is 0. The SMILES string of the molecule is c1ccc(-c2ccc3c(-c4nc(-c5ccc6cc(-c7cccc8ccccc78)ccc6c5)nc(-c5cccc6c(-c7ccccc7)cccc56)n4)cccc3c2)cc1. The summed E-state index contributed by atoms with van der Waals surface area (Å²) in [5, 5.41) is 9.25. The Kier molecular flexibility index (Phi) is 8.15. The Hall–Kier alpha value is -7.75. The molecule has 0 amide bonds. The van der Waals surface area contributed by atoms with E-state index in [0.29, 0.717) is 17.5 Å². The Morgan fingerprint density at radius 3 is 1.40 bits per heavy atom. The number of hydrogen-bond donors (Lipinski definition) is 0. The van der Waals surface area contributed by atoms with Crippen molar-refractivity contribution in [2.45, 2.75) is 0 Å². The normalized spacial score (nSPS) is 11.4. The fourth-order valence-corrected chi connectivity index (χ4v) is 8.44. The molecule has 11 aromatic rings. The number of benzene rings is 10. The van der Waals surface area contributed by atoms with E-state index in [4.69, 9.17) is 15.0 Å². The first kappa shape index (κ1) is 33.6. The van der Waals surface area contributed by atoms with Gasteiger partial charge in [0.15, 0.2) is 17.5 Å². The van der Waals surface area contributed by atoms with Gasteiger partial charge in [-0.2, -0.15) is 0 Å². The molecule has 0 unspecified atom stereocenters. The highest BCUT2D eigenvalue weighted by atomic mass is 15.0. The highest BCUT2D eigenvalue weighted by Gasteiger charge is 2.18. The molecule has 0 N–H and O–H groups in total. The zero-order valence-corrected chi connectivity index (χ0v) is 31.5. The van der Waals surface area contributed by atoms with Crippen LogP contribution in [0.4, 0.5) is 0 Å². The van der Waals surface area contributed by atoms with Crippen LogP contribution in [-0.2, 0) is 0 Å². The van der Waals surface area contributed by atoms with Crippen LogP contribution in [0.25, 0.3) is 111 Å². The van der Waals surface area contributed by atoms with E-state index < -0.39 is 0 Å². The van der Waals surface area contributed by atoms with Crippen LogP contribution in [0.1, 0.15) is 0 Å². The van der Waals surface area contributed by atoms with E-state index >= 15 is 0 Å². The second kappa shape index (κ2) is 14.1. The second-order valence-corrected chi connectivity index (χ2v) is 14.8. The van der Waals surface area contributed by atoms with Crippen molar-refractivity contribution in [2.75, 3.05) is 0 Å². The van der Waals surface area contributed by atoms with Crippen LogP contribution in [0.2, 0.25) is 0 Å². The standard InChI is InChI=1S/C55H35N3/c1-3-13-36(14-4-1)39-31-32-48-42(33-39)19-10-25-51(48)54-56-53(57-55(58-54)52-26-12-23-49-46(22-11-24-50(49)52)37-15-5-2-6-16-37)44-30-28-40-34-43(29-27-41(40)35-44)47-21-9-18-38-17-7-8-20-45(38)47/h1-35H. The third-order valence-corrected chi connectivity index (χ3v) is 11.3. The van der Waals surface area contributed by atoms with Gasteiger partial charge in [-0.3, -0.25) is 0 Å². The molecule has 0 saturated carbocycles. The molecule has 270 valence electrons. The van der Waals surface area contributed by atoms with Crippen LogP contribution >= 0.6 is 0 Å². The van der Waals surface area contributed by atoms with Gasteiger partial charge in [0.05, 0.1) is 0 Å². The lowest BCUT2D eigenvalue weighted by Crippen LogP contribution is -2.01. The summed E-state index contributed by atoms with van der Waals surface area (Å²) in [6.45, 7) is 0. The van der Waals surface area contributed by atoms with Crippen molar-refractivity contribution in [3.05, 3.63) is 212 Å². The zero-order chi connectivity index (χ0) is 38.4. The topological polar surface area (TPSA) is 38.7 Å². The quantitative estimate of drug-likeness (QED) is 0.171. The summed E-state index contributed by atoms with van der Waals surface area (Å²) in [4.78, 5) is 15.8. The molecule has 1 heterocycles. The van der Waals surface area contributed by atoms with Crippen molar-refractivity contribution in [1.82, 2.24) is 15.0 Å². The van der Waals surface area contributed by atoms with Gasteiger partial charge in [-0.25, -0.2) is 15.0 Å². The summed E-state index contributed by atoms with van der Waals surface area (Å²) in [7, 11) is 0. The highest BCUT2D eigenvalue weighted by Crippen LogP contribution is 2.38. The number of hydrogen-bond acceptors (Lipinski definition) is 3. The summed E-state index contributed by atoms with van der Waals surface area (Å²) in [6.07, 6.45) is 0. The number of nitrogens with zero attached hydrogens (tertiary/aromatic N) is 3. The van der Waals surface area contributed by atoms with Crippen LogP contribution in [0, 0.1) is 0 Å². The molecule has 58 heavy (non-hydrogen) atoms. The van der Waals surface area contributed by atoms with Crippen molar-refractivity contribution < 1.29 is 0 Å². The van der Waals surface area contributed by atoms with Crippen LogP contribution < -0.4 is 0 Å². The predicted octanol–water partition coefficient (Wildman–Crippen LogP) is 14.5. The van der Waals surface area contributed by atoms with Crippen molar-refractivity contribution in [3.8, 4) is 67.5 Å². The largest absolute Gasteiger partial charge is 0.208 e. The summed E-state index contributed by atoms with van der Waals surface area (Å²) in [5.74, 6) is 1.91. The molecule has 0 saturated heterocycles. The smallest absolute Gasteiger partial charge is 0.164 e. The maximum Gasteiger partial charge on any atom is 0.164 e. The Morgan fingerprint density at radius 1 is 0.207 bits per heavy atom. The van der Waals surface area contributed by atoms with Gasteiger partial charge in [0.1, 0.15) is 0 Å². The van der Waals surface area contributed by atoms with E-state index in [0.717, 1.165) is 49.0 Å². The van der Waals surface area contributed by atoms with E-state index in [9.17, 15) is 0 Å². The van der Waals surface area contributed by atoms with Gasteiger partial charge in [0.25, 0.3) is 0 Å².